The molecule has 1 fully saturated rings. The van der Waals surface area contributed by atoms with Crippen LogP contribution >= 0.6 is 0 Å². The van der Waals surface area contributed by atoms with E-state index >= 15 is 0 Å². The maximum absolute atomic E-state index is 11.5. The van der Waals surface area contributed by atoms with Crippen molar-refractivity contribution in [2.45, 2.75) is 18.4 Å². The first-order chi connectivity index (χ1) is 7.66. The van der Waals surface area contributed by atoms with E-state index < -0.39 is 5.60 Å². The van der Waals surface area contributed by atoms with Gasteiger partial charge in [-0.2, -0.15) is 0 Å². The molecule has 0 bridgehead atoms. The zero-order valence-corrected chi connectivity index (χ0v) is 8.69. The zero-order chi connectivity index (χ0) is 11.6. The van der Waals surface area contributed by atoms with Gasteiger partial charge in [0.2, 0.25) is 6.29 Å². The molecule has 0 saturated carbocycles. The topological polar surface area (TPSA) is 66.4 Å². The number of carbonyl (C=O) groups is 1. The van der Waals surface area contributed by atoms with Crippen molar-refractivity contribution in [1.29, 1.82) is 0 Å². The van der Waals surface area contributed by atoms with Gasteiger partial charge in [-0.3, -0.25) is 9.59 Å². The number of nitrogens with one attached hydrogen (secondary N) is 1. The van der Waals surface area contributed by atoms with Crippen molar-refractivity contribution in [2.24, 2.45) is 0 Å². The summed E-state index contributed by atoms with van der Waals surface area (Å²) >= 11 is 0. The van der Waals surface area contributed by atoms with Gasteiger partial charge in [-0.15, -0.1) is 0 Å². The van der Waals surface area contributed by atoms with Crippen LogP contribution in [0.2, 0.25) is 0 Å². The van der Waals surface area contributed by atoms with Crippen molar-refractivity contribution >= 4 is 12.2 Å². The van der Waals surface area contributed by atoms with Crippen LogP contribution in [0.1, 0.15) is 17.5 Å². The van der Waals surface area contributed by atoms with Crippen molar-refractivity contribution < 1.29 is 14.7 Å². The summed E-state index contributed by atoms with van der Waals surface area (Å²) in [4.78, 5) is 21.8. The lowest BCUT2D eigenvalue weighted by molar-refractivity contribution is -0.135. The van der Waals surface area contributed by atoms with Gasteiger partial charge in [0.25, 0.3) is 5.91 Å². The standard InChI is InChI=1S/C12H12NO3/c14-7-4-9-2-1-3-10(8-9)12(16)5-6-13-11(12)15/h1-3,8,16H,4-6H2,(H,13,15). The molecule has 83 valence electrons. The number of hydrogen-bond donors (Lipinski definition) is 2. The Morgan fingerprint density at radius 1 is 1.50 bits per heavy atom. The first-order valence-corrected chi connectivity index (χ1v) is 5.12. The first-order valence-electron chi connectivity index (χ1n) is 5.12. The Morgan fingerprint density at radius 3 is 2.94 bits per heavy atom. The minimum atomic E-state index is -1.45. The number of amides is 1. The van der Waals surface area contributed by atoms with Crippen molar-refractivity contribution in [3.05, 3.63) is 35.4 Å². The van der Waals surface area contributed by atoms with Crippen molar-refractivity contribution in [3.8, 4) is 0 Å². The van der Waals surface area contributed by atoms with Gasteiger partial charge in [-0.05, 0) is 11.1 Å². The van der Waals surface area contributed by atoms with Crippen LogP contribution in [0.4, 0.5) is 0 Å². The summed E-state index contributed by atoms with van der Waals surface area (Å²) in [7, 11) is 0. The smallest absolute Gasteiger partial charge is 0.256 e. The molecule has 1 aliphatic rings. The van der Waals surface area contributed by atoms with Crippen molar-refractivity contribution in [2.75, 3.05) is 6.54 Å². The molecular formula is C12H12NO3. The third-order valence-electron chi connectivity index (χ3n) is 2.83. The minimum absolute atomic E-state index is 0.172. The normalized spacial score (nSPS) is 24.2. The van der Waals surface area contributed by atoms with Gasteiger partial charge >= 0.3 is 0 Å². The van der Waals surface area contributed by atoms with Gasteiger partial charge in [-0.25, -0.2) is 0 Å². The Hall–Kier alpha value is -1.68. The largest absolute Gasteiger partial charge is 0.375 e. The predicted molar refractivity (Wildman–Crippen MR) is 57.4 cm³/mol. The molecule has 0 spiro atoms. The van der Waals surface area contributed by atoms with Gasteiger partial charge < -0.3 is 10.4 Å². The Balaban J connectivity index is 2.36. The van der Waals surface area contributed by atoms with E-state index in [9.17, 15) is 14.7 Å². The van der Waals surface area contributed by atoms with Gasteiger partial charge in [0.05, 0.1) is 0 Å². The molecule has 1 heterocycles. The SMILES string of the molecule is O=[C]Cc1cccc(C2(O)CCNC2=O)c1. The van der Waals surface area contributed by atoms with Crippen LogP contribution in [-0.4, -0.2) is 23.8 Å². The highest BCUT2D eigenvalue weighted by molar-refractivity contribution is 5.88. The lowest BCUT2D eigenvalue weighted by Crippen LogP contribution is -2.35. The third kappa shape index (κ3) is 1.72. The van der Waals surface area contributed by atoms with Gasteiger partial charge in [0, 0.05) is 19.4 Å². The highest BCUT2D eigenvalue weighted by Gasteiger charge is 2.41. The maximum atomic E-state index is 11.5. The van der Waals surface area contributed by atoms with Crippen LogP contribution in [0.25, 0.3) is 0 Å². The monoisotopic (exact) mass is 218 g/mol. The molecule has 2 N–H and O–H groups in total. The zero-order valence-electron chi connectivity index (χ0n) is 8.69. The van der Waals surface area contributed by atoms with Gasteiger partial charge in [0.15, 0.2) is 5.60 Å². The maximum Gasteiger partial charge on any atom is 0.256 e. The van der Waals surface area contributed by atoms with Crippen LogP contribution in [0.3, 0.4) is 0 Å². The van der Waals surface area contributed by atoms with Gasteiger partial charge in [-0.1, -0.05) is 24.3 Å². The van der Waals surface area contributed by atoms with Crippen LogP contribution in [0, 0.1) is 0 Å². The molecule has 1 aromatic carbocycles. The van der Waals surface area contributed by atoms with E-state index in [0.717, 1.165) is 5.56 Å². The van der Waals surface area contributed by atoms with E-state index in [-0.39, 0.29) is 12.3 Å². The second-order valence-electron chi connectivity index (χ2n) is 3.89. The summed E-state index contributed by atoms with van der Waals surface area (Å²) in [6.07, 6.45) is 2.33. The fraction of sp³-hybridized carbons (Fsp3) is 0.333. The number of carbonyl (C=O) groups excluding carboxylic acids is 2. The van der Waals surface area contributed by atoms with Crippen LogP contribution < -0.4 is 5.32 Å². The molecule has 1 amide bonds. The molecule has 1 atom stereocenters. The number of aliphatic hydroxyl groups is 1. The van der Waals surface area contributed by atoms with Crippen LogP contribution in [0.15, 0.2) is 24.3 Å². The van der Waals surface area contributed by atoms with Crippen LogP contribution in [0.5, 0.6) is 0 Å². The first kappa shape index (κ1) is 10.8. The summed E-state index contributed by atoms with van der Waals surface area (Å²) in [6, 6.07) is 6.87. The summed E-state index contributed by atoms with van der Waals surface area (Å²) in [5.74, 6) is -0.375. The Morgan fingerprint density at radius 2 is 2.31 bits per heavy atom. The predicted octanol–water partition coefficient (Wildman–Crippen LogP) is 0.0463. The molecule has 4 nitrogen and oxygen atoms in total. The highest BCUT2D eigenvalue weighted by Crippen LogP contribution is 2.29. The van der Waals surface area contributed by atoms with Crippen LogP contribution in [-0.2, 0) is 21.6 Å². The van der Waals surface area contributed by atoms with E-state index in [2.05, 4.69) is 5.32 Å². The quantitative estimate of drug-likeness (QED) is 0.753. The van der Waals surface area contributed by atoms with Crippen molar-refractivity contribution in [3.63, 3.8) is 0 Å². The molecule has 1 aliphatic heterocycles. The van der Waals surface area contributed by atoms with E-state index in [4.69, 9.17) is 0 Å². The van der Waals surface area contributed by atoms with Crippen molar-refractivity contribution in [1.82, 2.24) is 5.32 Å². The fourth-order valence-electron chi connectivity index (χ4n) is 1.91. The number of benzene rings is 1. The molecule has 1 unspecified atom stereocenters. The number of hydrogen-bond acceptors (Lipinski definition) is 3. The molecule has 2 rings (SSSR count). The summed E-state index contributed by atoms with van der Waals surface area (Å²) in [5.41, 5.74) is -0.158. The summed E-state index contributed by atoms with van der Waals surface area (Å²) < 4.78 is 0. The summed E-state index contributed by atoms with van der Waals surface area (Å²) in [5, 5.41) is 12.8. The lowest BCUT2D eigenvalue weighted by atomic mass is 9.91. The molecule has 0 aromatic heterocycles. The second kappa shape index (κ2) is 4.06. The number of rotatable bonds is 3. The van der Waals surface area contributed by atoms with E-state index in [0.29, 0.717) is 18.5 Å². The Bertz CT molecular complexity index is 430. The average Bonchev–Trinajstić information content (AvgIpc) is 2.62. The molecule has 1 saturated heterocycles. The average molecular weight is 218 g/mol. The molecule has 1 aromatic rings. The van der Waals surface area contributed by atoms with Gasteiger partial charge in [0.1, 0.15) is 0 Å². The molecule has 16 heavy (non-hydrogen) atoms. The van der Waals surface area contributed by atoms with E-state index in [1.54, 1.807) is 30.6 Å². The third-order valence-corrected chi connectivity index (χ3v) is 2.83. The van der Waals surface area contributed by atoms with E-state index in [1.807, 2.05) is 0 Å². The Kier molecular flexibility index (Phi) is 2.75. The summed E-state index contributed by atoms with van der Waals surface area (Å²) in [6.45, 7) is 0.472. The molecule has 0 aliphatic carbocycles. The lowest BCUT2D eigenvalue weighted by Gasteiger charge is -2.20. The molecular weight excluding hydrogens is 206 g/mol. The minimum Gasteiger partial charge on any atom is -0.375 e. The Labute approximate surface area is 93.3 Å². The molecule has 1 radical (unpaired) electrons. The fourth-order valence-corrected chi connectivity index (χ4v) is 1.91. The highest BCUT2D eigenvalue weighted by atomic mass is 16.3. The van der Waals surface area contributed by atoms with E-state index in [1.165, 1.54) is 0 Å². The molecule has 4 heteroatoms. The second-order valence-corrected chi connectivity index (χ2v) is 3.89.